The fourth-order valence-corrected chi connectivity index (χ4v) is 2.59. The molecular weight excluding hydrogens is 264 g/mol. The normalized spacial score (nSPS) is 15.4. The maximum atomic E-state index is 6.00. The number of rotatable bonds is 4. The number of aromatic nitrogens is 1. The Kier molecular flexibility index (Phi) is 3.55. The van der Waals surface area contributed by atoms with E-state index < -0.39 is 0 Å². The highest BCUT2D eigenvalue weighted by Gasteiger charge is 2.32. The molecule has 1 aliphatic heterocycles. The Balaban J connectivity index is 1.76. The van der Waals surface area contributed by atoms with Crippen molar-refractivity contribution in [3.63, 3.8) is 0 Å². The second-order valence-corrected chi connectivity index (χ2v) is 5.93. The third-order valence-corrected chi connectivity index (χ3v) is 3.54. The summed E-state index contributed by atoms with van der Waals surface area (Å²) < 4.78 is 11.9. The summed E-state index contributed by atoms with van der Waals surface area (Å²) in [5.41, 5.74) is 8.57. The van der Waals surface area contributed by atoms with E-state index >= 15 is 0 Å². The van der Waals surface area contributed by atoms with Crippen LogP contribution in [0.2, 0.25) is 0 Å². The number of ether oxygens (including phenoxy) is 2. The zero-order valence-corrected chi connectivity index (χ0v) is 12.4. The van der Waals surface area contributed by atoms with Crippen LogP contribution in [0.3, 0.4) is 0 Å². The van der Waals surface area contributed by atoms with Crippen LogP contribution in [-0.4, -0.2) is 10.6 Å². The van der Waals surface area contributed by atoms with E-state index in [4.69, 9.17) is 15.2 Å². The summed E-state index contributed by atoms with van der Waals surface area (Å²) in [5, 5.41) is 0. The van der Waals surface area contributed by atoms with Crippen molar-refractivity contribution in [2.45, 2.75) is 39.0 Å². The summed E-state index contributed by atoms with van der Waals surface area (Å²) >= 11 is 0. The average molecular weight is 284 g/mol. The van der Waals surface area contributed by atoms with Crippen LogP contribution in [0.15, 0.2) is 36.5 Å². The van der Waals surface area contributed by atoms with E-state index in [1.54, 1.807) is 6.20 Å². The molecule has 0 aliphatic carbocycles. The lowest BCUT2D eigenvalue weighted by molar-refractivity contribution is 0.131. The average Bonchev–Trinajstić information content (AvgIpc) is 2.79. The molecule has 0 saturated carbocycles. The Morgan fingerprint density at radius 3 is 3.00 bits per heavy atom. The van der Waals surface area contributed by atoms with Gasteiger partial charge in [-0.2, -0.15) is 0 Å². The van der Waals surface area contributed by atoms with Gasteiger partial charge in [0.15, 0.2) is 11.5 Å². The van der Waals surface area contributed by atoms with Crippen molar-refractivity contribution in [1.82, 2.24) is 4.98 Å². The van der Waals surface area contributed by atoms with E-state index in [2.05, 4.69) is 24.9 Å². The Morgan fingerprint density at radius 2 is 2.19 bits per heavy atom. The van der Waals surface area contributed by atoms with E-state index in [0.29, 0.717) is 13.2 Å². The molecule has 1 aromatic carbocycles. The van der Waals surface area contributed by atoms with Crippen LogP contribution in [0.1, 0.15) is 30.7 Å². The predicted molar refractivity (Wildman–Crippen MR) is 81.3 cm³/mol. The first-order chi connectivity index (χ1) is 10.1. The van der Waals surface area contributed by atoms with Gasteiger partial charge in [-0.1, -0.05) is 12.1 Å². The van der Waals surface area contributed by atoms with Crippen molar-refractivity contribution in [3.05, 3.63) is 53.3 Å². The molecule has 0 spiro atoms. The number of nitrogens with zero attached hydrogens (tertiary/aromatic N) is 1. The first-order valence-electron chi connectivity index (χ1n) is 7.15. The highest BCUT2D eigenvalue weighted by Crippen LogP contribution is 2.41. The minimum atomic E-state index is -0.162. The summed E-state index contributed by atoms with van der Waals surface area (Å²) in [5.74, 6) is 1.67. The second kappa shape index (κ2) is 5.37. The van der Waals surface area contributed by atoms with Gasteiger partial charge in [-0.15, -0.1) is 0 Å². The van der Waals surface area contributed by atoms with E-state index in [9.17, 15) is 0 Å². The summed E-state index contributed by atoms with van der Waals surface area (Å²) in [6, 6.07) is 9.96. The molecule has 1 aromatic heterocycles. The SMILES string of the molecule is CC1(C)Cc2cccc(OCc3ccnc(CN)c3)c2O1. The molecule has 2 aromatic rings. The van der Waals surface area contributed by atoms with Crippen molar-refractivity contribution < 1.29 is 9.47 Å². The van der Waals surface area contributed by atoms with Crippen LogP contribution < -0.4 is 15.2 Å². The molecule has 2 heterocycles. The molecule has 0 fully saturated rings. The minimum absolute atomic E-state index is 0.162. The molecule has 0 atom stereocenters. The summed E-state index contributed by atoms with van der Waals surface area (Å²) in [7, 11) is 0. The lowest BCUT2D eigenvalue weighted by Gasteiger charge is -2.18. The van der Waals surface area contributed by atoms with E-state index in [0.717, 1.165) is 29.2 Å². The van der Waals surface area contributed by atoms with Gasteiger partial charge in [-0.3, -0.25) is 4.98 Å². The first kappa shape index (κ1) is 13.9. The largest absolute Gasteiger partial charge is 0.485 e. The fraction of sp³-hybridized carbons (Fsp3) is 0.353. The van der Waals surface area contributed by atoms with Gasteiger partial charge in [0.25, 0.3) is 0 Å². The topological polar surface area (TPSA) is 57.4 Å². The van der Waals surface area contributed by atoms with Crippen molar-refractivity contribution in [3.8, 4) is 11.5 Å². The van der Waals surface area contributed by atoms with Crippen LogP contribution in [0, 0.1) is 0 Å². The summed E-state index contributed by atoms with van der Waals surface area (Å²) in [6.07, 6.45) is 2.67. The molecule has 21 heavy (non-hydrogen) atoms. The zero-order chi connectivity index (χ0) is 14.9. The van der Waals surface area contributed by atoms with Gasteiger partial charge in [-0.25, -0.2) is 0 Å². The van der Waals surface area contributed by atoms with Gasteiger partial charge in [0.2, 0.25) is 0 Å². The van der Waals surface area contributed by atoms with Gasteiger partial charge in [0.1, 0.15) is 12.2 Å². The zero-order valence-electron chi connectivity index (χ0n) is 12.4. The molecule has 0 amide bonds. The third kappa shape index (κ3) is 3.00. The maximum Gasteiger partial charge on any atom is 0.165 e. The van der Waals surface area contributed by atoms with Gasteiger partial charge in [0.05, 0.1) is 5.69 Å². The number of benzene rings is 1. The Hall–Kier alpha value is -2.07. The van der Waals surface area contributed by atoms with Crippen molar-refractivity contribution >= 4 is 0 Å². The number of fused-ring (bicyclic) bond motifs is 1. The predicted octanol–water partition coefficient (Wildman–Crippen LogP) is 2.83. The molecule has 0 radical (unpaired) electrons. The van der Waals surface area contributed by atoms with E-state index in [1.165, 1.54) is 5.56 Å². The van der Waals surface area contributed by atoms with Gasteiger partial charge >= 0.3 is 0 Å². The lowest BCUT2D eigenvalue weighted by Crippen LogP contribution is -2.24. The second-order valence-electron chi connectivity index (χ2n) is 5.93. The van der Waals surface area contributed by atoms with E-state index in [1.807, 2.05) is 24.3 Å². The molecule has 2 N–H and O–H groups in total. The highest BCUT2D eigenvalue weighted by molar-refractivity contribution is 5.50. The lowest BCUT2D eigenvalue weighted by atomic mass is 10.0. The quantitative estimate of drug-likeness (QED) is 0.938. The monoisotopic (exact) mass is 284 g/mol. The third-order valence-electron chi connectivity index (χ3n) is 3.54. The Labute approximate surface area is 124 Å². The van der Waals surface area contributed by atoms with Gasteiger partial charge in [0, 0.05) is 24.7 Å². The molecule has 0 saturated heterocycles. The molecule has 0 unspecified atom stereocenters. The molecule has 4 heteroatoms. The Morgan fingerprint density at radius 1 is 1.33 bits per heavy atom. The standard InChI is InChI=1S/C17H20N2O2/c1-17(2)9-13-4-3-5-15(16(13)21-17)20-11-12-6-7-19-14(8-12)10-18/h3-8H,9-11,18H2,1-2H3. The van der Waals surface area contributed by atoms with Crippen LogP contribution in [-0.2, 0) is 19.6 Å². The number of pyridine rings is 1. The van der Waals surface area contributed by atoms with Crippen LogP contribution in [0.25, 0.3) is 0 Å². The molecule has 1 aliphatic rings. The molecule has 4 nitrogen and oxygen atoms in total. The summed E-state index contributed by atoms with van der Waals surface area (Å²) in [6.45, 7) is 5.10. The summed E-state index contributed by atoms with van der Waals surface area (Å²) in [4.78, 5) is 4.18. The molecule has 110 valence electrons. The van der Waals surface area contributed by atoms with Crippen molar-refractivity contribution in [1.29, 1.82) is 0 Å². The number of nitrogens with two attached hydrogens (primary N) is 1. The molecule has 0 bridgehead atoms. The minimum Gasteiger partial charge on any atom is -0.485 e. The van der Waals surface area contributed by atoms with E-state index in [-0.39, 0.29) is 5.60 Å². The highest BCUT2D eigenvalue weighted by atomic mass is 16.5. The fourth-order valence-electron chi connectivity index (χ4n) is 2.59. The van der Waals surface area contributed by atoms with Gasteiger partial charge in [-0.05, 0) is 37.6 Å². The molecular formula is C17H20N2O2. The number of hydrogen-bond acceptors (Lipinski definition) is 4. The van der Waals surface area contributed by atoms with Crippen LogP contribution in [0.4, 0.5) is 0 Å². The molecule has 3 rings (SSSR count). The van der Waals surface area contributed by atoms with Crippen molar-refractivity contribution in [2.75, 3.05) is 0 Å². The number of hydrogen-bond donors (Lipinski definition) is 1. The van der Waals surface area contributed by atoms with Crippen LogP contribution >= 0.6 is 0 Å². The Bertz CT molecular complexity index is 653. The first-order valence-corrected chi connectivity index (χ1v) is 7.15. The smallest absolute Gasteiger partial charge is 0.165 e. The van der Waals surface area contributed by atoms with Crippen molar-refractivity contribution in [2.24, 2.45) is 5.73 Å². The number of para-hydroxylation sites is 1. The van der Waals surface area contributed by atoms with Gasteiger partial charge < -0.3 is 15.2 Å². The maximum absolute atomic E-state index is 6.00. The van der Waals surface area contributed by atoms with Crippen LogP contribution in [0.5, 0.6) is 11.5 Å².